The van der Waals surface area contributed by atoms with Gasteiger partial charge in [-0.15, -0.1) is 0 Å². The summed E-state index contributed by atoms with van der Waals surface area (Å²) in [7, 11) is 0. The molecule has 120 valence electrons. The van der Waals surface area contributed by atoms with E-state index in [1.54, 1.807) is 10.6 Å². The Balaban J connectivity index is 2.03. The Kier molecular flexibility index (Phi) is 4.31. The SMILES string of the molecule is CCN1CCc2c(cc(C(=O)O)c(=O)n2CC2CCCO2)C1. The molecule has 22 heavy (non-hydrogen) atoms. The van der Waals surface area contributed by atoms with Crippen LogP contribution >= 0.6 is 0 Å². The molecule has 0 radical (unpaired) electrons. The van der Waals surface area contributed by atoms with Crippen molar-refractivity contribution in [1.29, 1.82) is 0 Å². The number of ether oxygens (including phenoxy) is 1. The summed E-state index contributed by atoms with van der Waals surface area (Å²) in [6, 6.07) is 1.56. The fourth-order valence-electron chi connectivity index (χ4n) is 3.39. The third-order valence-corrected chi connectivity index (χ3v) is 4.64. The number of hydrogen-bond donors (Lipinski definition) is 1. The van der Waals surface area contributed by atoms with Crippen LogP contribution in [0.1, 0.15) is 41.4 Å². The predicted molar refractivity (Wildman–Crippen MR) is 81.3 cm³/mol. The predicted octanol–water partition coefficient (Wildman–Crippen LogP) is 1.10. The van der Waals surface area contributed by atoms with Crippen LogP contribution in [0.3, 0.4) is 0 Å². The van der Waals surface area contributed by atoms with E-state index >= 15 is 0 Å². The molecule has 2 aliphatic heterocycles. The van der Waals surface area contributed by atoms with Gasteiger partial charge in [0.05, 0.1) is 12.6 Å². The summed E-state index contributed by atoms with van der Waals surface area (Å²) in [4.78, 5) is 26.2. The molecular weight excluding hydrogens is 284 g/mol. The number of likely N-dealkylation sites (N-methyl/N-ethyl adjacent to an activating group) is 1. The monoisotopic (exact) mass is 306 g/mol. The molecular formula is C16H22N2O4. The average molecular weight is 306 g/mol. The molecule has 3 rings (SSSR count). The molecule has 1 aromatic heterocycles. The van der Waals surface area contributed by atoms with Crippen molar-refractivity contribution in [2.24, 2.45) is 0 Å². The van der Waals surface area contributed by atoms with Gasteiger partial charge >= 0.3 is 5.97 Å². The second-order valence-corrected chi connectivity index (χ2v) is 6.00. The number of carboxylic acid groups (broad SMARTS) is 1. The molecule has 0 spiro atoms. The van der Waals surface area contributed by atoms with Gasteiger partial charge in [-0.2, -0.15) is 0 Å². The van der Waals surface area contributed by atoms with Gasteiger partial charge in [0.25, 0.3) is 5.56 Å². The summed E-state index contributed by atoms with van der Waals surface area (Å²) in [5.41, 5.74) is 1.42. The first-order valence-electron chi connectivity index (χ1n) is 7.93. The number of carbonyl (C=O) groups is 1. The number of pyridine rings is 1. The van der Waals surface area contributed by atoms with Crippen molar-refractivity contribution in [2.45, 2.75) is 45.4 Å². The first kappa shape index (κ1) is 15.2. The summed E-state index contributed by atoms with van der Waals surface area (Å²) in [6.45, 7) is 5.81. The standard InChI is InChI=1S/C16H22N2O4/c1-2-17-6-5-14-11(9-17)8-13(16(20)21)15(19)18(14)10-12-4-3-7-22-12/h8,12H,2-7,9-10H2,1H3,(H,20,21). The van der Waals surface area contributed by atoms with Crippen molar-refractivity contribution in [3.8, 4) is 0 Å². The third-order valence-electron chi connectivity index (χ3n) is 4.64. The average Bonchev–Trinajstić information content (AvgIpc) is 3.02. The Morgan fingerprint density at radius 1 is 1.50 bits per heavy atom. The zero-order valence-corrected chi connectivity index (χ0v) is 12.9. The Morgan fingerprint density at radius 2 is 2.32 bits per heavy atom. The lowest BCUT2D eigenvalue weighted by molar-refractivity contribution is 0.0690. The molecule has 3 heterocycles. The number of fused-ring (bicyclic) bond motifs is 1. The minimum absolute atomic E-state index is 0.0232. The summed E-state index contributed by atoms with van der Waals surface area (Å²) < 4.78 is 7.28. The minimum Gasteiger partial charge on any atom is -0.477 e. The molecule has 2 aliphatic rings. The first-order chi connectivity index (χ1) is 10.6. The maximum absolute atomic E-state index is 12.5. The Labute approximate surface area is 129 Å². The molecule has 0 bridgehead atoms. The van der Waals surface area contributed by atoms with Crippen LogP contribution in [0.25, 0.3) is 0 Å². The highest BCUT2D eigenvalue weighted by atomic mass is 16.5. The smallest absolute Gasteiger partial charge is 0.341 e. The Morgan fingerprint density at radius 3 is 2.95 bits per heavy atom. The molecule has 0 saturated carbocycles. The summed E-state index contributed by atoms with van der Waals surface area (Å²) in [6.07, 6.45) is 2.74. The summed E-state index contributed by atoms with van der Waals surface area (Å²) >= 11 is 0. The Bertz CT molecular complexity index is 632. The lowest BCUT2D eigenvalue weighted by Gasteiger charge is -2.30. The van der Waals surface area contributed by atoms with Crippen molar-refractivity contribution in [3.05, 3.63) is 33.2 Å². The number of carboxylic acids is 1. The van der Waals surface area contributed by atoms with E-state index in [-0.39, 0.29) is 11.7 Å². The van der Waals surface area contributed by atoms with Gasteiger partial charge in [-0.05, 0) is 31.0 Å². The molecule has 1 aromatic rings. The summed E-state index contributed by atoms with van der Waals surface area (Å²) in [5, 5.41) is 9.32. The maximum atomic E-state index is 12.5. The van der Waals surface area contributed by atoms with Crippen LogP contribution in [0.2, 0.25) is 0 Å². The fraction of sp³-hybridized carbons (Fsp3) is 0.625. The van der Waals surface area contributed by atoms with Crippen LogP contribution in [0.15, 0.2) is 10.9 Å². The van der Waals surface area contributed by atoms with Gasteiger partial charge in [-0.25, -0.2) is 4.79 Å². The largest absolute Gasteiger partial charge is 0.477 e. The van der Waals surface area contributed by atoms with Crippen LogP contribution in [0.4, 0.5) is 0 Å². The molecule has 1 N–H and O–H groups in total. The number of rotatable bonds is 4. The molecule has 0 amide bonds. The molecule has 0 aliphatic carbocycles. The van der Waals surface area contributed by atoms with Gasteiger partial charge < -0.3 is 14.4 Å². The van der Waals surface area contributed by atoms with Crippen molar-refractivity contribution < 1.29 is 14.6 Å². The van der Waals surface area contributed by atoms with Gasteiger partial charge in [-0.1, -0.05) is 6.92 Å². The van der Waals surface area contributed by atoms with Gasteiger partial charge in [0, 0.05) is 31.8 Å². The van der Waals surface area contributed by atoms with E-state index in [4.69, 9.17) is 4.74 Å². The van der Waals surface area contributed by atoms with E-state index < -0.39 is 11.5 Å². The second-order valence-electron chi connectivity index (χ2n) is 6.00. The highest BCUT2D eigenvalue weighted by Gasteiger charge is 2.26. The van der Waals surface area contributed by atoms with Crippen LogP contribution in [0, 0.1) is 0 Å². The van der Waals surface area contributed by atoms with E-state index in [0.717, 1.165) is 50.2 Å². The normalized spacial score (nSPS) is 21.8. The molecule has 1 saturated heterocycles. The molecule has 1 fully saturated rings. The van der Waals surface area contributed by atoms with Gasteiger partial charge in [0.2, 0.25) is 0 Å². The summed E-state index contributed by atoms with van der Waals surface area (Å²) in [5.74, 6) is -1.15. The molecule has 1 unspecified atom stereocenters. The highest BCUT2D eigenvalue weighted by Crippen LogP contribution is 2.21. The highest BCUT2D eigenvalue weighted by molar-refractivity contribution is 5.87. The number of hydrogen-bond acceptors (Lipinski definition) is 4. The minimum atomic E-state index is -1.15. The molecule has 1 atom stereocenters. The van der Waals surface area contributed by atoms with Gasteiger partial charge in [0.15, 0.2) is 0 Å². The fourth-order valence-corrected chi connectivity index (χ4v) is 3.39. The van der Waals surface area contributed by atoms with Crippen LogP contribution < -0.4 is 5.56 Å². The second kappa shape index (κ2) is 6.22. The Hall–Kier alpha value is -1.66. The zero-order valence-electron chi connectivity index (χ0n) is 12.9. The van der Waals surface area contributed by atoms with E-state index in [1.807, 2.05) is 0 Å². The van der Waals surface area contributed by atoms with Crippen LogP contribution in [0.5, 0.6) is 0 Å². The van der Waals surface area contributed by atoms with E-state index in [1.165, 1.54) is 0 Å². The molecule has 0 aromatic carbocycles. The van der Waals surface area contributed by atoms with Crippen molar-refractivity contribution in [1.82, 2.24) is 9.47 Å². The lowest BCUT2D eigenvalue weighted by Crippen LogP contribution is -2.39. The number of aromatic carboxylic acids is 1. The zero-order chi connectivity index (χ0) is 15.7. The van der Waals surface area contributed by atoms with E-state index in [2.05, 4.69) is 11.8 Å². The topological polar surface area (TPSA) is 71.8 Å². The number of nitrogens with zero attached hydrogens (tertiary/aromatic N) is 2. The van der Waals surface area contributed by atoms with Gasteiger partial charge in [0.1, 0.15) is 5.56 Å². The number of aromatic nitrogens is 1. The quantitative estimate of drug-likeness (QED) is 0.902. The van der Waals surface area contributed by atoms with Crippen LogP contribution in [-0.4, -0.2) is 46.3 Å². The third kappa shape index (κ3) is 2.80. The van der Waals surface area contributed by atoms with Crippen molar-refractivity contribution in [2.75, 3.05) is 19.7 Å². The van der Waals surface area contributed by atoms with E-state index in [0.29, 0.717) is 13.1 Å². The lowest BCUT2D eigenvalue weighted by atomic mass is 10.0. The van der Waals surface area contributed by atoms with E-state index in [9.17, 15) is 14.7 Å². The molecule has 6 heteroatoms. The van der Waals surface area contributed by atoms with Crippen molar-refractivity contribution >= 4 is 5.97 Å². The maximum Gasteiger partial charge on any atom is 0.341 e. The first-order valence-corrected chi connectivity index (χ1v) is 7.93. The van der Waals surface area contributed by atoms with Crippen LogP contribution in [-0.2, 0) is 24.2 Å². The molecule has 6 nitrogen and oxygen atoms in total. The van der Waals surface area contributed by atoms with Gasteiger partial charge in [-0.3, -0.25) is 9.69 Å². The van der Waals surface area contributed by atoms with Crippen molar-refractivity contribution in [3.63, 3.8) is 0 Å².